The molecule has 0 aliphatic rings. The van der Waals surface area contributed by atoms with Crippen LogP contribution in [0.1, 0.15) is 33.3 Å². The SMILES string of the molecule is CCc1c(C(=O)Nc2ccc(C(=O)Nc3nccs3)cc2)cnn1-c1ccc(F)cc1. The zero-order chi connectivity index (χ0) is 21.8. The summed E-state index contributed by atoms with van der Waals surface area (Å²) >= 11 is 1.33. The van der Waals surface area contributed by atoms with Gasteiger partial charge in [0.25, 0.3) is 11.8 Å². The molecule has 0 atom stereocenters. The van der Waals surface area contributed by atoms with Crippen molar-refractivity contribution < 1.29 is 14.0 Å². The molecule has 0 fully saturated rings. The van der Waals surface area contributed by atoms with Gasteiger partial charge in [0.1, 0.15) is 5.82 Å². The zero-order valence-electron chi connectivity index (χ0n) is 16.5. The first-order valence-corrected chi connectivity index (χ1v) is 10.4. The maximum atomic E-state index is 13.2. The molecule has 4 aromatic rings. The first-order valence-electron chi connectivity index (χ1n) is 9.50. The summed E-state index contributed by atoms with van der Waals surface area (Å²) in [6.45, 7) is 1.92. The Morgan fingerprint density at radius 1 is 1.03 bits per heavy atom. The molecule has 31 heavy (non-hydrogen) atoms. The molecule has 2 heterocycles. The van der Waals surface area contributed by atoms with Crippen molar-refractivity contribution in [2.24, 2.45) is 0 Å². The van der Waals surface area contributed by atoms with Gasteiger partial charge in [-0.15, -0.1) is 11.3 Å². The molecule has 0 unspecified atom stereocenters. The van der Waals surface area contributed by atoms with Gasteiger partial charge in [-0.05, 0) is 55.0 Å². The Hall–Kier alpha value is -3.85. The van der Waals surface area contributed by atoms with Crippen molar-refractivity contribution >= 4 is 34.0 Å². The Kier molecular flexibility index (Phi) is 5.85. The molecule has 2 amide bonds. The minimum absolute atomic E-state index is 0.276. The highest BCUT2D eigenvalue weighted by atomic mass is 32.1. The van der Waals surface area contributed by atoms with Crippen molar-refractivity contribution in [3.63, 3.8) is 0 Å². The molecule has 0 radical (unpaired) electrons. The molecular formula is C22H18FN5O2S. The number of anilines is 2. The van der Waals surface area contributed by atoms with Gasteiger partial charge < -0.3 is 5.32 Å². The van der Waals surface area contributed by atoms with Gasteiger partial charge in [0, 0.05) is 22.8 Å². The smallest absolute Gasteiger partial charge is 0.259 e. The van der Waals surface area contributed by atoms with Crippen molar-refractivity contribution in [2.45, 2.75) is 13.3 Å². The number of amides is 2. The zero-order valence-corrected chi connectivity index (χ0v) is 17.3. The molecule has 0 saturated heterocycles. The predicted octanol–water partition coefficient (Wildman–Crippen LogP) is 4.53. The van der Waals surface area contributed by atoms with Crippen LogP contribution in [0.5, 0.6) is 0 Å². The molecule has 9 heteroatoms. The van der Waals surface area contributed by atoms with Gasteiger partial charge in [-0.2, -0.15) is 5.10 Å². The van der Waals surface area contributed by atoms with Gasteiger partial charge >= 0.3 is 0 Å². The molecule has 4 rings (SSSR count). The Bertz CT molecular complexity index is 1200. The van der Waals surface area contributed by atoms with Gasteiger partial charge in [0.2, 0.25) is 0 Å². The highest BCUT2D eigenvalue weighted by molar-refractivity contribution is 7.13. The van der Waals surface area contributed by atoms with E-state index in [1.165, 1.54) is 29.7 Å². The number of hydrogen-bond acceptors (Lipinski definition) is 5. The van der Waals surface area contributed by atoms with Crippen LogP contribution in [0.25, 0.3) is 5.69 Å². The number of nitrogens with zero attached hydrogens (tertiary/aromatic N) is 3. The fourth-order valence-corrected chi connectivity index (χ4v) is 3.59. The molecule has 7 nitrogen and oxygen atoms in total. The molecule has 2 aromatic carbocycles. The fourth-order valence-electron chi connectivity index (χ4n) is 3.07. The monoisotopic (exact) mass is 435 g/mol. The summed E-state index contributed by atoms with van der Waals surface area (Å²) in [6.07, 6.45) is 3.67. The van der Waals surface area contributed by atoms with E-state index < -0.39 is 0 Å². The quantitative estimate of drug-likeness (QED) is 0.466. The number of carbonyl (C=O) groups is 2. The second-order valence-corrected chi connectivity index (χ2v) is 7.46. The van der Waals surface area contributed by atoms with Gasteiger partial charge in [0.15, 0.2) is 5.13 Å². The van der Waals surface area contributed by atoms with E-state index in [4.69, 9.17) is 0 Å². The van der Waals surface area contributed by atoms with Crippen LogP contribution in [-0.2, 0) is 6.42 Å². The summed E-state index contributed by atoms with van der Waals surface area (Å²) in [5, 5.41) is 12.1. The Balaban J connectivity index is 1.48. The molecule has 2 aromatic heterocycles. The Labute approximate surface area is 181 Å². The maximum Gasteiger partial charge on any atom is 0.259 e. The van der Waals surface area contributed by atoms with Crippen LogP contribution in [0.3, 0.4) is 0 Å². The largest absolute Gasteiger partial charge is 0.322 e. The third-order valence-corrected chi connectivity index (χ3v) is 5.27. The third-order valence-electron chi connectivity index (χ3n) is 4.58. The molecule has 2 N–H and O–H groups in total. The van der Waals surface area contributed by atoms with E-state index in [2.05, 4.69) is 20.7 Å². The van der Waals surface area contributed by atoms with Crippen LogP contribution >= 0.6 is 11.3 Å². The van der Waals surface area contributed by atoms with E-state index in [-0.39, 0.29) is 17.6 Å². The van der Waals surface area contributed by atoms with E-state index in [0.29, 0.717) is 39.7 Å². The van der Waals surface area contributed by atoms with E-state index >= 15 is 0 Å². The summed E-state index contributed by atoms with van der Waals surface area (Å²) in [6, 6.07) is 12.5. The lowest BCUT2D eigenvalue weighted by Crippen LogP contribution is -2.15. The van der Waals surface area contributed by atoms with Gasteiger partial charge in [-0.1, -0.05) is 6.92 Å². The van der Waals surface area contributed by atoms with Crippen LogP contribution < -0.4 is 10.6 Å². The van der Waals surface area contributed by atoms with Gasteiger partial charge in [0.05, 0.1) is 23.1 Å². The minimum atomic E-state index is -0.337. The summed E-state index contributed by atoms with van der Waals surface area (Å²) in [5.74, 6) is -0.928. The lowest BCUT2D eigenvalue weighted by Gasteiger charge is -2.09. The van der Waals surface area contributed by atoms with E-state index in [9.17, 15) is 14.0 Å². The summed E-state index contributed by atoms with van der Waals surface area (Å²) in [5.41, 5.74) is 2.81. The van der Waals surface area contributed by atoms with Crippen LogP contribution in [0.4, 0.5) is 15.2 Å². The normalized spacial score (nSPS) is 10.6. The lowest BCUT2D eigenvalue weighted by atomic mass is 10.1. The average Bonchev–Trinajstić information content (AvgIpc) is 3.44. The molecule has 156 valence electrons. The molecule has 0 aliphatic heterocycles. The van der Waals surface area contributed by atoms with Crippen molar-refractivity contribution in [1.82, 2.24) is 14.8 Å². The molecule has 0 aliphatic carbocycles. The van der Waals surface area contributed by atoms with E-state index in [1.807, 2.05) is 6.92 Å². The lowest BCUT2D eigenvalue weighted by molar-refractivity contribution is 0.101. The molecular weight excluding hydrogens is 417 g/mol. The molecule has 0 saturated carbocycles. The highest BCUT2D eigenvalue weighted by Gasteiger charge is 2.18. The van der Waals surface area contributed by atoms with Crippen LogP contribution in [0.15, 0.2) is 66.3 Å². The summed E-state index contributed by atoms with van der Waals surface area (Å²) < 4.78 is 14.8. The number of carbonyl (C=O) groups excluding carboxylic acids is 2. The van der Waals surface area contributed by atoms with Crippen LogP contribution in [-0.4, -0.2) is 26.6 Å². The minimum Gasteiger partial charge on any atom is -0.322 e. The number of rotatable bonds is 6. The average molecular weight is 435 g/mol. The number of nitrogens with one attached hydrogen (secondary N) is 2. The highest BCUT2D eigenvalue weighted by Crippen LogP contribution is 2.19. The van der Waals surface area contributed by atoms with E-state index in [0.717, 1.165) is 0 Å². The third kappa shape index (κ3) is 4.51. The summed E-state index contributed by atoms with van der Waals surface area (Å²) in [7, 11) is 0. The Morgan fingerprint density at radius 3 is 2.42 bits per heavy atom. The van der Waals surface area contributed by atoms with E-state index in [1.54, 1.807) is 52.7 Å². The number of halogens is 1. The number of aromatic nitrogens is 3. The first kappa shape index (κ1) is 20.4. The second kappa shape index (κ2) is 8.88. The van der Waals surface area contributed by atoms with Gasteiger partial charge in [-0.3, -0.25) is 14.9 Å². The standard InChI is InChI=1S/C22H18FN5O2S/c1-2-19-18(13-25-28(19)17-9-5-15(23)6-10-17)21(30)26-16-7-3-14(4-8-16)20(29)27-22-24-11-12-31-22/h3-13H,2H2,1H3,(H,26,30)(H,24,27,29). The first-order chi connectivity index (χ1) is 15.0. The number of thiazole rings is 1. The summed E-state index contributed by atoms with van der Waals surface area (Å²) in [4.78, 5) is 29.1. The van der Waals surface area contributed by atoms with Crippen molar-refractivity contribution in [3.8, 4) is 5.69 Å². The van der Waals surface area contributed by atoms with Crippen molar-refractivity contribution in [1.29, 1.82) is 0 Å². The van der Waals surface area contributed by atoms with Gasteiger partial charge in [-0.25, -0.2) is 14.1 Å². The maximum absolute atomic E-state index is 13.2. The van der Waals surface area contributed by atoms with Crippen LogP contribution in [0, 0.1) is 5.82 Å². The second-order valence-electron chi connectivity index (χ2n) is 6.57. The number of benzene rings is 2. The Morgan fingerprint density at radius 2 is 1.77 bits per heavy atom. The molecule has 0 bridgehead atoms. The van der Waals surface area contributed by atoms with Crippen molar-refractivity contribution in [3.05, 3.63) is 88.9 Å². The topological polar surface area (TPSA) is 88.9 Å². The predicted molar refractivity (Wildman–Crippen MR) is 117 cm³/mol. The number of hydrogen-bond donors (Lipinski definition) is 2. The van der Waals surface area contributed by atoms with Crippen LogP contribution in [0.2, 0.25) is 0 Å². The molecule has 0 spiro atoms. The van der Waals surface area contributed by atoms with Crippen molar-refractivity contribution in [2.75, 3.05) is 10.6 Å². The fraction of sp³-hybridized carbons (Fsp3) is 0.0909.